The molecular weight excluding hydrogens is 321 g/mol. The van der Waals surface area contributed by atoms with Gasteiger partial charge in [-0.2, -0.15) is 0 Å². The summed E-state index contributed by atoms with van der Waals surface area (Å²) in [6, 6.07) is 16.3. The van der Waals surface area contributed by atoms with Crippen LogP contribution in [-0.2, 0) is 0 Å². The van der Waals surface area contributed by atoms with Crippen LogP contribution < -0.4 is 15.4 Å². The molecule has 1 aromatic heterocycles. The predicted molar refractivity (Wildman–Crippen MR) is 94.9 cm³/mol. The van der Waals surface area contributed by atoms with Crippen LogP contribution in [0.5, 0.6) is 5.75 Å². The number of hydrogen-bond donors (Lipinski definition) is 2. The minimum atomic E-state index is -0.296. The fourth-order valence-electron chi connectivity index (χ4n) is 2.17. The first kappa shape index (κ1) is 16.4. The van der Waals surface area contributed by atoms with Crippen LogP contribution in [0.1, 0.15) is 10.4 Å². The number of nitrogens with zero attached hydrogens (tertiary/aromatic N) is 1. The molecule has 0 bridgehead atoms. The van der Waals surface area contributed by atoms with Gasteiger partial charge in [0.25, 0.3) is 5.91 Å². The van der Waals surface area contributed by atoms with Gasteiger partial charge in [0.1, 0.15) is 17.4 Å². The van der Waals surface area contributed by atoms with Gasteiger partial charge in [-0.1, -0.05) is 0 Å². The quantitative estimate of drug-likeness (QED) is 0.731. The molecule has 0 aliphatic carbocycles. The summed E-state index contributed by atoms with van der Waals surface area (Å²) in [5.41, 5.74) is 1.82. The van der Waals surface area contributed by atoms with Crippen molar-refractivity contribution in [2.75, 3.05) is 17.7 Å². The number of amides is 1. The van der Waals surface area contributed by atoms with E-state index in [-0.39, 0.29) is 11.7 Å². The lowest BCUT2D eigenvalue weighted by Gasteiger charge is -2.08. The summed E-state index contributed by atoms with van der Waals surface area (Å²) in [6.45, 7) is 0. The number of halogens is 1. The number of rotatable bonds is 5. The third-order valence-corrected chi connectivity index (χ3v) is 3.49. The van der Waals surface area contributed by atoms with Crippen molar-refractivity contribution in [3.05, 3.63) is 78.2 Å². The van der Waals surface area contributed by atoms with Crippen LogP contribution >= 0.6 is 0 Å². The summed E-state index contributed by atoms with van der Waals surface area (Å²) in [4.78, 5) is 16.4. The van der Waals surface area contributed by atoms with Gasteiger partial charge in [0, 0.05) is 11.3 Å². The Bertz CT molecular complexity index is 847. The molecule has 1 amide bonds. The maximum atomic E-state index is 12.9. The molecule has 2 aromatic carbocycles. The molecular formula is C19H16FN3O2. The first-order chi connectivity index (χ1) is 12.1. The monoisotopic (exact) mass is 337 g/mol. The average Bonchev–Trinajstić information content (AvgIpc) is 2.65. The highest BCUT2D eigenvalue weighted by atomic mass is 19.1. The average molecular weight is 337 g/mol. The van der Waals surface area contributed by atoms with E-state index in [1.807, 2.05) is 0 Å². The zero-order valence-corrected chi connectivity index (χ0v) is 13.5. The van der Waals surface area contributed by atoms with Crippen molar-refractivity contribution in [3.63, 3.8) is 0 Å². The minimum Gasteiger partial charge on any atom is -0.497 e. The van der Waals surface area contributed by atoms with Crippen LogP contribution in [-0.4, -0.2) is 18.0 Å². The van der Waals surface area contributed by atoms with Gasteiger partial charge in [0.2, 0.25) is 0 Å². The van der Waals surface area contributed by atoms with Gasteiger partial charge in [-0.25, -0.2) is 9.37 Å². The second kappa shape index (κ2) is 7.44. The topological polar surface area (TPSA) is 63.2 Å². The van der Waals surface area contributed by atoms with E-state index in [4.69, 9.17) is 4.74 Å². The molecule has 0 spiro atoms. The molecule has 0 aliphatic rings. The molecule has 126 valence electrons. The molecule has 0 unspecified atom stereocenters. The second-order valence-corrected chi connectivity index (χ2v) is 5.25. The van der Waals surface area contributed by atoms with Gasteiger partial charge in [-0.3, -0.25) is 4.79 Å². The Morgan fingerprint density at radius 1 is 0.960 bits per heavy atom. The van der Waals surface area contributed by atoms with E-state index in [1.54, 1.807) is 61.8 Å². The summed E-state index contributed by atoms with van der Waals surface area (Å²) in [7, 11) is 1.57. The normalized spacial score (nSPS) is 10.2. The van der Waals surface area contributed by atoms with Gasteiger partial charge in [0.15, 0.2) is 0 Å². The Morgan fingerprint density at radius 2 is 1.64 bits per heavy atom. The highest BCUT2D eigenvalue weighted by Gasteiger charge is 2.06. The Morgan fingerprint density at radius 3 is 2.24 bits per heavy atom. The van der Waals surface area contributed by atoms with Crippen LogP contribution in [0.3, 0.4) is 0 Å². The molecule has 1 heterocycles. The summed E-state index contributed by atoms with van der Waals surface area (Å²) in [5.74, 6) is 0.752. The molecule has 2 N–H and O–H groups in total. The Kier molecular flexibility index (Phi) is 4.89. The SMILES string of the molecule is COc1ccc(C(=O)Nc2ccc(Nc3ccc(F)cc3)nc2)cc1. The van der Waals surface area contributed by atoms with Gasteiger partial charge in [0.05, 0.1) is 19.0 Å². The number of pyridine rings is 1. The van der Waals surface area contributed by atoms with Crippen molar-refractivity contribution in [2.45, 2.75) is 0 Å². The van der Waals surface area contributed by atoms with Crippen LogP contribution in [0.2, 0.25) is 0 Å². The molecule has 0 aliphatic heterocycles. The van der Waals surface area contributed by atoms with Crippen molar-refractivity contribution in [1.82, 2.24) is 4.98 Å². The molecule has 0 fully saturated rings. The lowest BCUT2D eigenvalue weighted by molar-refractivity contribution is 0.102. The number of ether oxygens (including phenoxy) is 1. The van der Waals surface area contributed by atoms with E-state index in [2.05, 4.69) is 15.6 Å². The standard InChI is InChI=1S/C19H16FN3O2/c1-25-17-9-2-13(3-10-17)19(24)23-16-8-11-18(21-12-16)22-15-6-4-14(20)5-7-15/h2-12H,1H3,(H,21,22)(H,23,24). The molecule has 6 heteroatoms. The Labute approximate surface area is 144 Å². The van der Waals surface area contributed by atoms with E-state index < -0.39 is 0 Å². The van der Waals surface area contributed by atoms with Crippen molar-refractivity contribution in [3.8, 4) is 5.75 Å². The molecule has 3 rings (SSSR count). The minimum absolute atomic E-state index is 0.233. The summed E-state index contributed by atoms with van der Waals surface area (Å²) in [6.07, 6.45) is 1.55. The van der Waals surface area contributed by atoms with Crippen LogP contribution in [0, 0.1) is 5.82 Å². The van der Waals surface area contributed by atoms with Crippen LogP contribution in [0.4, 0.5) is 21.6 Å². The number of nitrogens with one attached hydrogen (secondary N) is 2. The van der Waals surface area contributed by atoms with Crippen molar-refractivity contribution in [1.29, 1.82) is 0 Å². The predicted octanol–water partition coefficient (Wildman–Crippen LogP) is 4.23. The number of methoxy groups -OCH3 is 1. The first-order valence-electron chi connectivity index (χ1n) is 7.58. The summed E-state index contributed by atoms with van der Waals surface area (Å²) >= 11 is 0. The Balaban J connectivity index is 1.63. The zero-order valence-electron chi connectivity index (χ0n) is 13.5. The number of aromatic nitrogens is 1. The fraction of sp³-hybridized carbons (Fsp3) is 0.0526. The third-order valence-electron chi connectivity index (χ3n) is 3.49. The molecule has 0 radical (unpaired) electrons. The Hall–Kier alpha value is -3.41. The smallest absolute Gasteiger partial charge is 0.255 e. The molecule has 5 nitrogen and oxygen atoms in total. The molecule has 25 heavy (non-hydrogen) atoms. The number of carbonyl (C=O) groups excluding carboxylic acids is 1. The lowest BCUT2D eigenvalue weighted by Crippen LogP contribution is -2.12. The maximum Gasteiger partial charge on any atom is 0.255 e. The third kappa shape index (κ3) is 4.32. The van der Waals surface area contributed by atoms with Crippen molar-refractivity contribution in [2.24, 2.45) is 0 Å². The molecule has 0 atom stereocenters. The second-order valence-electron chi connectivity index (χ2n) is 5.25. The van der Waals surface area contributed by atoms with Crippen molar-refractivity contribution >= 4 is 23.1 Å². The molecule has 0 saturated heterocycles. The van der Waals surface area contributed by atoms with Gasteiger partial charge >= 0.3 is 0 Å². The number of carbonyl (C=O) groups is 1. The molecule has 0 saturated carbocycles. The van der Waals surface area contributed by atoms with Crippen LogP contribution in [0.15, 0.2) is 66.9 Å². The summed E-state index contributed by atoms with van der Waals surface area (Å²) in [5, 5.41) is 5.83. The zero-order chi connectivity index (χ0) is 17.6. The van der Waals surface area contributed by atoms with Crippen molar-refractivity contribution < 1.29 is 13.9 Å². The summed E-state index contributed by atoms with van der Waals surface area (Å²) < 4.78 is 18.0. The van der Waals surface area contributed by atoms with Gasteiger partial charge in [-0.05, 0) is 60.7 Å². The van der Waals surface area contributed by atoms with Gasteiger partial charge in [-0.15, -0.1) is 0 Å². The van der Waals surface area contributed by atoms with Gasteiger partial charge < -0.3 is 15.4 Å². The highest BCUT2D eigenvalue weighted by Crippen LogP contribution is 2.17. The van der Waals surface area contributed by atoms with Crippen LogP contribution in [0.25, 0.3) is 0 Å². The number of hydrogen-bond acceptors (Lipinski definition) is 4. The maximum absolute atomic E-state index is 12.9. The first-order valence-corrected chi connectivity index (χ1v) is 7.58. The van der Waals surface area contributed by atoms with E-state index in [0.29, 0.717) is 22.8 Å². The number of anilines is 3. The highest BCUT2D eigenvalue weighted by molar-refractivity contribution is 6.04. The lowest BCUT2D eigenvalue weighted by atomic mass is 10.2. The van der Waals surface area contributed by atoms with E-state index in [1.165, 1.54) is 12.1 Å². The van der Waals surface area contributed by atoms with E-state index in [9.17, 15) is 9.18 Å². The van der Waals surface area contributed by atoms with E-state index >= 15 is 0 Å². The largest absolute Gasteiger partial charge is 0.497 e. The molecule has 3 aromatic rings. The fourth-order valence-corrected chi connectivity index (χ4v) is 2.17. The van der Waals surface area contributed by atoms with E-state index in [0.717, 1.165) is 5.69 Å². The number of benzene rings is 2.